The number of hydrogen-bond donors (Lipinski definition) is 0. The molecule has 0 aliphatic carbocycles. The first-order valence-electron chi connectivity index (χ1n) is 8.50. The summed E-state index contributed by atoms with van der Waals surface area (Å²) in [6.07, 6.45) is 1.84. The van der Waals surface area contributed by atoms with Crippen molar-refractivity contribution in [2.45, 2.75) is 40.5 Å². The lowest BCUT2D eigenvalue weighted by atomic mass is 9.87. The highest BCUT2D eigenvalue weighted by Crippen LogP contribution is 2.53. The van der Waals surface area contributed by atoms with Crippen LogP contribution in [-0.4, -0.2) is 13.6 Å². The van der Waals surface area contributed by atoms with E-state index < -0.39 is 0 Å². The summed E-state index contributed by atoms with van der Waals surface area (Å²) in [4.78, 5) is 0. The van der Waals surface area contributed by atoms with Crippen LogP contribution in [0.15, 0.2) is 12.1 Å². The van der Waals surface area contributed by atoms with Crippen molar-refractivity contribution in [1.82, 2.24) is 0 Å². The molecule has 24 heavy (non-hydrogen) atoms. The van der Waals surface area contributed by atoms with E-state index in [1.54, 1.807) is 0 Å². The summed E-state index contributed by atoms with van der Waals surface area (Å²) in [5.74, 6) is 3.29. The summed E-state index contributed by atoms with van der Waals surface area (Å²) < 4.78 is 23.1. The van der Waals surface area contributed by atoms with E-state index in [9.17, 15) is 0 Å². The van der Waals surface area contributed by atoms with Crippen molar-refractivity contribution in [1.29, 1.82) is 0 Å². The normalized spacial score (nSPS) is 14.3. The number of ether oxygens (including phenoxy) is 4. The van der Waals surface area contributed by atoms with E-state index >= 15 is 0 Å². The molecule has 0 unspecified atom stereocenters. The third-order valence-corrected chi connectivity index (χ3v) is 4.94. The van der Waals surface area contributed by atoms with Crippen LogP contribution in [0.3, 0.4) is 0 Å². The Labute approximate surface area is 142 Å². The highest BCUT2D eigenvalue weighted by Gasteiger charge is 2.31. The minimum atomic E-state index is 0.266. The quantitative estimate of drug-likeness (QED) is 0.829. The van der Waals surface area contributed by atoms with Crippen molar-refractivity contribution in [3.05, 3.63) is 34.4 Å². The van der Waals surface area contributed by atoms with Crippen molar-refractivity contribution in [3.63, 3.8) is 0 Å². The fourth-order valence-electron chi connectivity index (χ4n) is 3.86. The van der Waals surface area contributed by atoms with Gasteiger partial charge < -0.3 is 18.9 Å². The maximum atomic E-state index is 5.86. The summed E-state index contributed by atoms with van der Waals surface area (Å²) >= 11 is 0. The summed E-state index contributed by atoms with van der Waals surface area (Å²) in [7, 11) is 0. The molecular weight excluding hydrogens is 304 g/mol. The Bertz CT molecular complexity index is 746. The third-order valence-electron chi connectivity index (χ3n) is 4.94. The largest absolute Gasteiger partial charge is 0.454 e. The van der Waals surface area contributed by atoms with Gasteiger partial charge in [-0.2, -0.15) is 0 Å². The van der Waals surface area contributed by atoms with Gasteiger partial charge in [0, 0.05) is 11.1 Å². The average Bonchev–Trinajstić information content (AvgIpc) is 3.20. The van der Waals surface area contributed by atoms with Crippen LogP contribution in [0.4, 0.5) is 0 Å². The monoisotopic (exact) mass is 326 g/mol. The molecule has 2 aromatic rings. The van der Waals surface area contributed by atoms with Crippen LogP contribution in [0, 0.1) is 13.8 Å². The molecule has 0 aromatic heterocycles. The maximum absolute atomic E-state index is 5.86. The molecule has 0 N–H and O–H groups in total. The van der Waals surface area contributed by atoms with E-state index in [1.165, 1.54) is 22.3 Å². The van der Waals surface area contributed by atoms with E-state index in [0.29, 0.717) is 0 Å². The summed E-state index contributed by atoms with van der Waals surface area (Å²) in [6.45, 7) is 9.14. The molecule has 0 saturated heterocycles. The molecule has 0 amide bonds. The first kappa shape index (κ1) is 15.2. The molecule has 2 aromatic carbocycles. The van der Waals surface area contributed by atoms with Gasteiger partial charge in [-0.15, -0.1) is 0 Å². The summed E-state index contributed by atoms with van der Waals surface area (Å²) in [5.41, 5.74) is 7.19. The molecule has 4 heteroatoms. The molecule has 4 rings (SSSR count). The van der Waals surface area contributed by atoms with Crippen LogP contribution in [0.5, 0.6) is 23.0 Å². The number of aryl methyl sites for hydroxylation is 2. The first-order chi connectivity index (χ1) is 11.7. The fourth-order valence-corrected chi connectivity index (χ4v) is 3.86. The van der Waals surface area contributed by atoms with Gasteiger partial charge in [-0.05, 0) is 61.1 Å². The molecular formula is C20H22O4. The van der Waals surface area contributed by atoms with Crippen LogP contribution >= 0.6 is 0 Å². The van der Waals surface area contributed by atoms with Crippen molar-refractivity contribution < 1.29 is 18.9 Å². The standard InChI is InChI=1S/C20H22O4/c1-5-13-11(3)7-15-19(23-9-21-15)17(13)18-14(6-2)12(4)8-16-20(18)24-10-22-16/h7-8H,5-6,9-10H2,1-4H3. The predicted molar refractivity (Wildman–Crippen MR) is 92.4 cm³/mol. The molecule has 2 heterocycles. The Kier molecular flexibility index (Phi) is 3.56. The Morgan fingerprint density at radius 1 is 0.708 bits per heavy atom. The number of hydrogen-bond acceptors (Lipinski definition) is 4. The van der Waals surface area contributed by atoms with E-state index in [4.69, 9.17) is 18.9 Å². The Balaban J connectivity index is 2.11. The van der Waals surface area contributed by atoms with E-state index in [1.807, 2.05) is 0 Å². The SMILES string of the molecule is CCc1c(C)cc2c(c1-c1c(CC)c(C)cc3c1OCO3)OCO2. The van der Waals surface area contributed by atoms with Crippen molar-refractivity contribution in [2.75, 3.05) is 13.6 Å². The second-order valence-corrected chi connectivity index (χ2v) is 6.27. The molecule has 2 aliphatic rings. The molecule has 0 atom stereocenters. The first-order valence-corrected chi connectivity index (χ1v) is 8.50. The van der Waals surface area contributed by atoms with Gasteiger partial charge in [0.1, 0.15) is 0 Å². The third kappa shape index (κ3) is 2.05. The second kappa shape index (κ2) is 5.62. The zero-order valence-electron chi connectivity index (χ0n) is 14.6. The van der Waals surface area contributed by atoms with Crippen LogP contribution < -0.4 is 18.9 Å². The lowest BCUT2D eigenvalue weighted by Gasteiger charge is -2.20. The van der Waals surface area contributed by atoms with Crippen LogP contribution in [-0.2, 0) is 12.8 Å². The molecule has 0 saturated carbocycles. The number of benzene rings is 2. The average molecular weight is 326 g/mol. The minimum absolute atomic E-state index is 0.266. The topological polar surface area (TPSA) is 36.9 Å². The lowest BCUT2D eigenvalue weighted by molar-refractivity contribution is 0.173. The van der Waals surface area contributed by atoms with Gasteiger partial charge in [0.25, 0.3) is 0 Å². The van der Waals surface area contributed by atoms with Crippen molar-refractivity contribution >= 4 is 0 Å². The number of fused-ring (bicyclic) bond motifs is 2. The molecule has 0 radical (unpaired) electrons. The van der Waals surface area contributed by atoms with Crippen LogP contribution in [0.2, 0.25) is 0 Å². The highest BCUT2D eigenvalue weighted by atomic mass is 16.7. The molecule has 0 spiro atoms. The van der Waals surface area contributed by atoms with Gasteiger partial charge in [-0.1, -0.05) is 13.8 Å². The Hall–Kier alpha value is -2.36. The van der Waals surface area contributed by atoms with Crippen LogP contribution in [0.1, 0.15) is 36.1 Å². The molecule has 0 fully saturated rings. The maximum Gasteiger partial charge on any atom is 0.231 e. The van der Waals surface area contributed by atoms with Crippen molar-refractivity contribution in [2.24, 2.45) is 0 Å². The van der Waals surface area contributed by atoms with Gasteiger partial charge in [-0.25, -0.2) is 0 Å². The van der Waals surface area contributed by atoms with E-state index in [0.717, 1.165) is 47.0 Å². The second-order valence-electron chi connectivity index (χ2n) is 6.27. The highest BCUT2D eigenvalue weighted by molar-refractivity contribution is 5.87. The van der Waals surface area contributed by atoms with E-state index in [-0.39, 0.29) is 13.6 Å². The van der Waals surface area contributed by atoms with E-state index in [2.05, 4.69) is 39.8 Å². The molecule has 0 bridgehead atoms. The van der Waals surface area contributed by atoms with Gasteiger partial charge in [0.15, 0.2) is 23.0 Å². The molecule has 4 nitrogen and oxygen atoms in total. The Morgan fingerprint density at radius 2 is 1.12 bits per heavy atom. The van der Waals surface area contributed by atoms with Crippen molar-refractivity contribution in [3.8, 4) is 34.1 Å². The zero-order chi connectivity index (χ0) is 16.8. The molecule has 126 valence electrons. The smallest absolute Gasteiger partial charge is 0.231 e. The number of rotatable bonds is 3. The van der Waals surface area contributed by atoms with Gasteiger partial charge in [0.05, 0.1) is 0 Å². The van der Waals surface area contributed by atoms with Gasteiger partial charge in [0.2, 0.25) is 13.6 Å². The molecule has 2 aliphatic heterocycles. The fraction of sp³-hybridized carbons (Fsp3) is 0.400. The zero-order valence-corrected chi connectivity index (χ0v) is 14.6. The summed E-state index contributed by atoms with van der Waals surface area (Å²) in [5, 5.41) is 0. The van der Waals surface area contributed by atoms with Crippen LogP contribution in [0.25, 0.3) is 11.1 Å². The van der Waals surface area contributed by atoms with Gasteiger partial charge in [-0.3, -0.25) is 0 Å². The Morgan fingerprint density at radius 3 is 1.50 bits per heavy atom. The lowest BCUT2D eigenvalue weighted by Crippen LogP contribution is -2.01. The predicted octanol–water partition coefficient (Wildman–Crippen LogP) is 4.55. The van der Waals surface area contributed by atoms with Gasteiger partial charge >= 0.3 is 0 Å². The summed E-state index contributed by atoms with van der Waals surface area (Å²) in [6, 6.07) is 4.15. The minimum Gasteiger partial charge on any atom is -0.454 e.